The number of hydrogen-bond acceptors (Lipinski definition) is 6. The second-order valence-electron chi connectivity index (χ2n) is 5.57. The molecule has 1 aromatic carbocycles. The van der Waals surface area contributed by atoms with Gasteiger partial charge in [-0.15, -0.1) is 0 Å². The van der Waals surface area contributed by atoms with Crippen LogP contribution in [0.2, 0.25) is 0 Å². The monoisotopic (exact) mass is 331 g/mol. The van der Waals surface area contributed by atoms with Gasteiger partial charge in [-0.2, -0.15) is 0 Å². The molecule has 3 rings (SSSR count). The molecule has 1 aromatic rings. The zero-order valence-corrected chi connectivity index (χ0v) is 13.2. The maximum Gasteiger partial charge on any atom is 0.332 e. The van der Waals surface area contributed by atoms with E-state index in [2.05, 4.69) is 0 Å². The van der Waals surface area contributed by atoms with E-state index in [0.29, 0.717) is 25.1 Å². The number of nitro groups is 1. The van der Waals surface area contributed by atoms with Gasteiger partial charge in [0.05, 0.1) is 17.6 Å². The van der Waals surface area contributed by atoms with Crippen molar-refractivity contribution < 1.29 is 19.2 Å². The number of benzene rings is 1. The van der Waals surface area contributed by atoms with Crippen molar-refractivity contribution in [1.29, 1.82) is 0 Å². The molecule has 0 radical (unpaired) electrons. The Bertz CT molecular complexity index is 713. The molecule has 0 bridgehead atoms. The molecule has 2 aliphatic rings. The van der Waals surface area contributed by atoms with Crippen LogP contribution in [0.3, 0.4) is 0 Å². The number of non-ortho nitro benzene ring substituents is 1. The van der Waals surface area contributed by atoms with Crippen LogP contribution in [0.25, 0.3) is 0 Å². The minimum Gasteiger partial charge on any atom is -0.463 e. The van der Waals surface area contributed by atoms with Crippen molar-refractivity contribution in [1.82, 2.24) is 10.0 Å². The van der Waals surface area contributed by atoms with Crippen molar-refractivity contribution in [3.05, 3.63) is 51.7 Å². The van der Waals surface area contributed by atoms with Gasteiger partial charge in [0.2, 0.25) is 5.91 Å². The molecular weight excluding hydrogens is 314 g/mol. The summed E-state index contributed by atoms with van der Waals surface area (Å²) in [4.78, 5) is 34.2. The Labute approximate surface area is 138 Å². The van der Waals surface area contributed by atoms with Crippen molar-refractivity contribution in [2.24, 2.45) is 0 Å². The predicted molar refractivity (Wildman–Crippen MR) is 83.3 cm³/mol. The van der Waals surface area contributed by atoms with Crippen molar-refractivity contribution in [3.63, 3.8) is 0 Å². The molecule has 1 atom stereocenters. The summed E-state index contributed by atoms with van der Waals surface area (Å²) in [5.74, 6) is -0.536. The first-order chi connectivity index (χ1) is 11.5. The number of esters is 1. The van der Waals surface area contributed by atoms with Gasteiger partial charge in [-0.1, -0.05) is 12.1 Å². The molecule has 8 nitrogen and oxygen atoms in total. The van der Waals surface area contributed by atoms with E-state index in [4.69, 9.17) is 4.74 Å². The van der Waals surface area contributed by atoms with E-state index in [0.717, 1.165) is 5.56 Å². The summed E-state index contributed by atoms with van der Waals surface area (Å²) in [6.45, 7) is 2.55. The number of fused-ring (bicyclic) bond motifs is 1. The Morgan fingerprint density at radius 3 is 2.75 bits per heavy atom. The van der Waals surface area contributed by atoms with Gasteiger partial charge < -0.3 is 4.74 Å². The lowest BCUT2D eigenvalue weighted by Crippen LogP contribution is -2.32. The van der Waals surface area contributed by atoms with Gasteiger partial charge in [0.25, 0.3) is 5.69 Å². The van der Waals surface area contributed by atoms with Crippen molar-refractivity contribution >= 4 is 17.6 Å². The van der Waals surface area contributed by atoms with Crippen LogP contribution in [0.15, 0.2) is 36.0 Å². The molecule has 1 amide bonds. The fourth-order valence-electron chi connectivity index (χ4n) is 3.12. The van der Waals surface area contributed by atoms with Crippen molar-refractivity contribution in [2.75, 3.05) is 13.2 Å². The lowest BCUT2D eigenvalue weighted by atomic mass is 10.0. The molecule has 2 aliphatic heterocycles. The van der Waals surface area contributed by atoms with Gasteiger partial charge in [-0.25, -0.2) is 14.8 Å². The molecule has 0 aromatic heterocycles. The number of nitrogens with zero attached hydrogens (tertiary/aromatic N) is 3. The fourth-order valence-corrected chi connectivity index (χ4v) is 3.12. The van der Waals surface area contributed by atoms with E-state index in [1.165, 1.54) is 23.2 Å². The van der Waals surface area contributed by atoms with Crippen molar-refractivity contribution in [2.45, 2.75) is 25.8 Å². The SMILES string of the molecule is CCOC(=O)/C=C1/CC(c2ccc([N+](=O)[O-])cc2)N2CCC(=O)N12. The minimum atomic E-state index is -0.475. The molecule has 8 heteroatoms. The lowest BCUT2D eigenvalue weighted by molar-refractivity contribution is -0.384. The number of carbonyl (C=O) groups is 2. The molecule has 1 unspecified atom stereocenters. The molecule has 24 heavy (non-hydrogen) atoms. The number of ether oxygens (including phenoxy) is 1. The zero-order chi connectivity index (χ0) is 17.3. The number of nitro benzene ring substituents is 1. The van der Waals surface area contributed by atoms with E-state index in [9.17, 15) is 19.7 Å². The highest BCUT2D eigenvalue weighted by molar-refractivity contribution is 5.86. The molecule has 2 heterocycles. The average molecular weight is 331 g/mol. The summed E-state index contributed by atoms with van der Waals surface area (Å²) in [6.07, 6.45) is 2.21. The van der Waals surface area contributed by atoms with Gasteiger partial charge in [0.15, 0.2) is 0 Å². The van der Waals surface area contributed by atoms with Gasteiger partial charge in [0.1, 0.15) is 0 Å². The third-order valence-electron chi connectivity index (χ3n) is 4.14. The summed E-state index contributed by atoms with van der Waals surface area (Å²) in [5, 5.41) is 14.2. The Morgan fingerprint density at radius 2 is 2.12 bits per heavy atom. The van der Waals surface area contributed by atoms with Crippen LogP contribution in [0.1, 0.15) is 31.4 Å². The standard InChI is InChI=1S/C16H17N3O5/c1-2-24-16(21)10-13-9-14(17-8-7-15(20)18(13)17)11-3-5-12(6-4-11)19(22)23/h3-6,10,14H,2,7-9H2,1H3/b13-10-. The first kappa shape index (κ1) is 16.1. The van der Waals surface area contributed by atoms with Gasteiger partial charge in [-0.05, 0) is 12.5 Å². The molecule has 126 valence electrons. The molecule has 2 fully saturated rings. The number of carbonyl (C=O) groups excluding carboxylic acids is 2. The van der Waals surface area contributed by atoms with E-state index in [1.807, 2.05) is 5.01 Å². The number of hydrazine groups is 1. The van der Waals surface area contributed by atoms with Crippen LogP contribution < -0.4 is 0 Å². The quantitative estimate of drug-likeness (QED) is 0.362. The van der Waals surface area contributed by atoms with Crippen LogP contribution in [0, 0.1) is 10.1 Å². The lowest BCUT2D eigenvalue weighted by Gasteiger charge is -2.24. The highest BCUT2D eigenvalue weighted by atomic mass is 16.6. The maximum atomic E-state index is 12.1. The smallest absolute Gasteiger partial charge is 0.332 e. The van der Waals surface area contributed by atoms with Gasteiger partial charge in [-0.3, -0.25) is 14.9 Å². The van der Waals surface area contributed by atoms with Crippen LogP contribution >= 0.6 is 0 Å². The largest absolute Gasteiger partial charge is 0.463 e. The average Bonchev–Trinajstić information content (AvgIpc) is 3.09. The molecule has 0 saturated carbocycles. The van der Waals surface area contributed by atoms with Crippen LogP contribution in [-0.2, 0) is 14.3 Å². The summed E-state index contributed by atoms with van der Waals surface area (Å²) in [7, 11) is 0. The van der Waals surface area contributed by atoms with Gasteiger partial charge in [0, 0.05) is 43.3 Å². The topological polar surface area (TPSA) is 93.0 Å². The molecule has 0 aliphatic carbocycles. The van der Waals surface area contributed by atoms with E-state index < -0.39 is 10.9 Å². The second-order valence-corrected chi connectivity index (χ2v) is 5.57. The maximum absolute atomic E-state index is 12.1. The Kier molecular flexibility index (Phi) is 4.30. The van der Waals surface area contributed by atoms with E-state index in [1.54, 1.807) is 19.1 Å². The third-order valence-corrected chi connectivity index (χ3v) is 4.14. The van der Waals surface area contributed by atoms with Gasteiger partial charge >= 0.3 is 5.97 Å². The Morgan fingerprint density at radius 1 is 1.42 bits per heavy atom. The fraction of sp³-hybridized carbons (Fsp3) is 0.375. The van der Waals surface area contributed by atoms with E-state index >= 15 is 0 Å². The zero-order valence-electron chi connectivity index (χ0n) is 13.2. The summed E-state index contributed by atoms with van der Waals surface area (Å²) >= 11 is 0. The predicted octanol–water partition coefficient (Wildman–Crippen LogP) is 1.94. The van der Waals surface area contributed by atoms with Crippen LogP contribution in [-0.4, -0.2) is 40.0 Å². The first-order valence-corrected chi connectivity index (χ1v) is 7.72. The normalized spacial score (nSPS) is 22.0. The molecular formula is C16H17N3O5. The minimum absolute atomic E-state index is 0.0217. The number of amides is 1. The second kappa shape index (κ2) is 6.40. The summed E-state index contributed by atoms with van der Waals surface area (Å²) < 4.78 is 4.92. The van der Waals surface area contributed by atoms with Crippen molar-refractivity contribution in [3.8, 4) is 0 Å². The van der Waals surface area contributed by atoms with Crippen LogP contribution in [0.4, 0.5) is 5.69 Å². The first-order valence-electron chi connectivity index (χ1n) is 7.72. The molecule has 0 N–H and O–H groups in total. The number of hydrogen-bond donors (Lipinski definition) is 0. The number of rotatable bonds is 4. The Balaban J connectivity index is 1.88. The Hall–Kier alpha value is -2.74. The summed E-state index contributed by atoms with van der Waals surface area (Å²) in [5.41, 5.74) is 1.49. The molecule has 2 saturated heterocycles. The molecule has 0 spiro atoms. The highest BCUT2D eigenvalue weighted by Gasteiger charge is 2.43. The van der Waals surface area contributed by atoms with E-state index in [-0.39, 0.29) is 24.2 Å². The van der Waals surface area contributed by atoms with Crippen LogP contribution in [0.5, 0.6) is 0 Å². The summed E-state index contributed by atoms with van der Waals surface area (Å²) in [6, 6.07) is 6.15. The highest BCUT2D eigenvalue weighted by Crippen LogP contribution is 2.42. The third kappa shape index (κ3) is 2.88.